The second-order valence-electron chi connectivity index (χ2n) is 4.50. The Morgan fingerprint density at radius 1 is 0.882 bits per heavy atom. The summed E-state index contributed by atoms with van der Waals surface area (Å²) in [5, 5.41) is 0. The van der Waals surface area contributed by atoms with Crippen LogP contribution in [0.2, 0.25) is 0 Å². The average molecular weight is 237 g/mol. The summed E-state index contributed by atoms with van der Waals surface area (Å²) >= 11 is 0. The molecule has 1 rings (SSSR count). The molecule has 100 valence electrons. The van der Waals surface area contributed by atoms with E-state index in [0.717, 1.165) is 0 Å². The van der Waals surface area contributed by atoms with Gasteiger partial charge in [-0.1, -0.05) is 65.8 Å². The standard InChI is InChI=1S/C12H19N.2C2H6/c1-9(2)10-5-7-11(8-6-10)12(3,4)13;2*1-2/h5-9H,13H2,1-4H3;2*1-2H3. The first-order valence-corrected chi connectivity index (χ1v) is 6.80. The molecule has 0 saturated heterocycles. The minimum atomic E-state index is -0.227. The Morgan fingerprint density at radius 2 is 1.24 bits per heavy atom. The number of hydrogen-bond donors (Lipinski definition) is 1. The molecule has 2 N–H and O–H groups in total. The van der Waals surface area contributed by atoms with Crippen LogP contribution in [0.4, 0.5) is 0 Å². The van der Waals surface area contributed by atoms with Crippen molar-refractivity contribution in [2.45, 2.75) is 66.8 Å². The van der Waals surface area contributed by atoms with Gasteiger partial charge in [0.25, 0.3) is 0 Å². The van der Waals surface area contributed by atoms with Gasteiger partial charge in [0.05, 0.1) is 0 Å². The van der Waals surface area contributed by atoms with Gasteiger partial charge in [-0.3, -0.25) is 0 Å². The fourth-order valence-corrected chi connectivity index (χ4v) is 1.30. The van der Waals surface area contributed by atoms with Crippen LogP contribution in [-0.4, -0.2) is 0 Å². The lowest BCUT2D eigenvalue weighted by molar-refractivity contribution is 0.554. The largest absolute Gasteiger partial charge is 0.322 e. The van der Waals surface area contributed by atoms with Crippen LogP contribution in [0.3, 0.4) is 0 Å². The van der Waals surface area contributed by atoms with Crippen molar-refractivity contribution in [3.63, 3.8) is 0 Å². The van der Waals surface area contributed by atoms with E-state index in [1.165, 1.54) is 11.1 Å². The SMILES string of the molecule is CC.CC.CC(C)c1ccc(C(C)(C)N)cc1. The first-order valence-electron chi connectivity index (χ1n) is 6.80. The maximum atomic E-state index is 5.98. The van der Waals surface area contributed by atoms with Crippen molar-refractivity contribution >= 4 is 0 Å². The summed E-state index contributed by atoms with van der Waals surface area (Å²) in [7, 11) is 0. The lowest BCUT2D eigenvalue weighted by Crippen LogP contribution is -2.28. The Morgan fingerprint density at radius 3 is 1.47 bits per heavy atom. The van der Waals surface area contributed by atoms with Gasteiger partial charge in [-0.2, -0.15) is 0 Å². The summed E-state index contributed by atoms with van der Waals surface area (Å²) in [4.78, 5) is 0. The van der Waals surface area contributed by atoms with E-state index in [9.17, 15) is 0 Å². The maximum Gasteiger partial charge on any atom is 0.0352 e. The summed E-state index contributed by atoms with van der Waals surface area (Å²) in [5.74, 6) is 0.593. The molecule has 1 aromatic rings. The third-order valence-electron chi connectivity index (χ3n) is 2.32. The third-order valence-corrected chi connectivity index (χ3v) is 2.32. The molecule has 0 heterocycles. The zero-order valence-corrected chi connectivity index (χ0v) is 13.0. The molecule has 17 heavy (non-hydrogen) atoms. The van der Waals surface area contributed by atoms with Gasteiger partial charge in [0, 0.05) is 5.54 Å². The van der Waals surface area contributed by atoms with Crippen molar-refractivity contribution in [2.75, 3.05) is 0 Å². The van der Waals surface area contributed by atoms with Gasteiger partial charge in [-0.05, 0) is 30.9 Å². The minimum Gasteiger partial charge on any atom is -0.322 e. The van der Waals surface area contributed by atoms with Gasteiger partial charge in [-0.25, -0.2) is 0 Å². The van der Waals surface area contributed by atoms with Crippen molar-refractivity contribution in [3.05, 3.63) is 35.4 Å². The number of nitrogens with two attached hydrogens (primary N) is 1. The Kier molecular flexibility index (Phi) is 10.1. The van der Waals surface area contributed by atoms with Gasteiger partial charge in [0.15, 0.2) is 0 Å². The smallest absolute Gasteiger partial charge is 0.0352 e. The Hall–Kier alpha value is -0.820. The van der Waals surface area contributed by atoms with E-state index in [4.69, 9.17) is 5.73 Å². The van der Waals surface area contributed by atoms with Crippen LogP contribution in [0, 0.1) is 0 Å². The molecule has 0 fully saturated rings. The molecule has 0 bridgehead atoms. The van der Waals surface area contributed by atoms with Crippen molar-refractivity contribution in [1.82, 2.24) is 0 Å². The third kappa shape index (κ3) is 7.17. The molecule has 1 heteroatoms. The number of hydrogen-bond acceptors (Lipinski definition) is 1. The minimum absolute atomic E-state index is 0.227. The van der Waals surface area contributed by atoms with Crippen LogP contribution >= 0.6 is 0 Å². The Bertz CT molecular complexity index is 265. The second kappa shape index (κ2) is 9.23. The Labute approximate surface area is 108 Å². The molecule has 0 spiro atoms. The van der Waals surface area contributed by atoms with Gasteiger partial charge in [0.2, 0.25) is 0 Å². The molecule has 0 amide bonds. The molecule has 0 saturated carbocycles. The first-order chi connectivity index (χ1) is 7.91. The molecular weight excluding hydrogens is 206 g/mol. The molecule has 0 aromatic heterocycles. The van der Waals surface area contributed by atoms with E-state index in [1.54, 1.807) is 0 Å². The van der Waals surface area contributed by atoms with Crippen LogP contribution in [0.15, 0.2) is 24.3 Å². The molecule has 0 unspecified atom stereocenters. The van der Waals surface area contributed by atoms with Crippen LogP contribution < -0.4 is 5.73 Å². The summed E-state index contributed by atoms with van der Waals surface area (Å²) in [6, 6.07) is 8.56. The molecule has 1 aromatic carbocycles. The Balaban J connectivity index is 0. The fraction of sp³-hybridized carbons (Fsp3) is 0.625. The highest BCUT2D eigenvalue weighted by Gasteiger charge is 2.13. The molecule has 0 aliphatic rings. The first kappa shape index (κ1) is 18.5. The summed E-state index contributed by atoms with van der Waals surface area (Å²) in [5.41, 5.74) is 8.32. The fourth-order valence-electron chi connectivity index (χ4n) is 1.30. The number of rotatable bonds is 2. The van der Waals surface area contributed by atoms with E-state index in [2.05, 4.69) is 38.1 Å². The van der Waals surface area contributed by atoms with Crippen LogP contribution in [-0.2, 0) is 5.54 Å². The molecule has 1 nitrogen and oxygen atoms in total. The van der Waals surface area contributed by atoms with E-state index < -0.39 is 0 Å². The van der Waals surface area contributed by atoms with Crippen LogP contribution in [0.5, 0.6) is 0 Å². The van der Waals surface area contributed by atoms with Gasteiger partial charge < -0.3 is 5.73 Å². The van der Waals surface area contributed by atoms with Crippen molar-refractivity contribution in [1.29, 1.82) is 0 Å². The highest BCUT2D eigenvalue weighted by molar-refractivity contribution is 5.28. The quantitative estimate of drug-likeness (QED) is 0.764. The summed E-state index contributed by atoms with van der Waals surface area (Å²) < 4.78 is 0. The topological polar surface area (TPSA) is 26.0 Å². The van der Waals surface area contributed by atoms with Crippen LogP contribution in [0.25, 0.3) is 0 Å². The maximum absolute atomic E-state index is 5.98. The summed E-state index contributed by atoms with van der Waals surface area (Å²) in [6.07, 6.45) is 0. The zero-order chi connectivity index (χ0) is 14.1. The average Bonchev–Trinajstić information content (AvgIpc) is 2.33. The summed E-state index contributed by atoms with van der Waals surface area (Å²) in [6.45, 7) is 16.4. The van der Waals surface area contributed by atoms with E-state index in [-0.39, 0.29) is 5.54 Å². The molecule has 0 aliphatic carbocycles. The normalized spacial score (nSPS) is 10.0. The molecule has 0 atom stereocenters. The van der Waals surface area contributed by atoms with Crippen LogP contribution in [0.1, 0.15) is 72.4 Å². The van der Waals surface area contributed by atoms with E-state index >= 15 is 0 Å². The van der Waals surface area contributed by atoms with Crippen molar-refractivity contribution in [2.24, 2.45) is 5.73 Å². The van der Waals surface area contributed by atoms with E-state index in [1.807, 2.05) is 41.5 Å². The predicted octanol–water partition coefficient (Wildman–Crippen LogP) is 5.06. The van der Waals surface area contributed by atoms with Gasteiger partial charge >= 0.3 is 0 Å². The highest BCUT2D eigenvalue weighted by atomic mass is 14.7. The van der Waals surface area contributed by atoms with Crippen molar-refractivity contribution < 1.29 is 0 Å². The zero-order valence-electron chi connectivity index (χ0n) is 13.0. The van der Waals surface area contributed by atoms with Gasteiger partial charge in [0.1, 0.15) is 0 Å². The van der Waals surface area contributed by atoms with E-state index in [0.29, 0.717) is 5.92 Å². The molecule has 0 radical (unpaired) electrons. The second-order valence-corrected chi connectivity index (χ2v) is 4.50. The monoisotopic (exact) mass is 237 g/mol. The molecule has 0 aliphatic heterocycles. The lowest BCUT2D eigenvalue weighted by Gasteiger charge is -2.19. The predicted molar refractivity (Wildman–Crippen MR) is 80.4 cm³/mol. The van der Waals surface area contributed by atoms with Gasteiger partial charge in [-0.15, -0.1) is 0 Å². The highest BCUT2D eigenvalue weighted by Crippen LogP contribution is 2.20. The number of benzene rings is 1. The van der Waals surface area contributed by atoms with Crippen molar-refractivity contribution in [3.8, 4) is 0 Å². The lowest BCUT2D eigenvalue weighted by atomic mass is 9.93. The molecular formula is C16H31N.